The van der Waals surface area contributed by atoms with Gasteiger partial charge in [-0.25, -0.2) is 17.9 Å². The van der Waals surface area contributed by atoms with Crippen LogP contribution in [0.2, 0.25) is 0 Å². The lowest BCUT2D eigenvalue weighted by molar-refractivity contribution is 0.0696. The highest BCUT2D eigenvalue weighted by Crippen LogP contribution is 2.17. The number of hydrogen-bond donors (Lipinski definition) is 2. The van der Waals surface area contributed by atoms with Gasteiger partial charge in [-0.1, -0.05) is 30.3 Å². The monoisotopic (exact) mass is 374 g/mol. The largest absolute Gasteiger partial charge is 0.478 e. The Bertz CT molecular complexity index is 851. The molecule has 138 valence electrons. The van der Waals surface area contributed by atoms with Crippen LogP contribution in [0.4, 0.5) is 0 Å². The molecular weight excluding hydrogens is 352 g/mol. The van der Waals surface area contributed by atoms with Gasteiger partial charge in [0.1, 0.15) is 0 Å². The quantitative estimate of drug-likeness (QED) is 0.810. The second kappa shape index (κ2) is 7.99. The summed E-state index contributed by atoms with van der Waals surface area (Å²) < 4.78 is 27.9. The number of benzene rings is 2. The zero-order chi connectivity index (χ0) is 18.6. The smallest absolute Gasteiger partial charge is 0.335 e. The van der Waals surface area contributed by atoms with Crippen molar-refractivity contribution in [1.29, 1.82) is 0 Å². The van der Waals surface area contributed by atoms with E-state index < -0.39 is 16.0 Å². The van der Waals surface area contributed by atoms with Crippen LogP contribution < -0.4 is 4.72 Å². The van der Waals surface area contributed by atoms with Gasteiger partial charge in [0, 0.05) is 19.1 Å². The number of piperidine rings is 1. The van der Waals surface area contributed by atoms with Crippen LogP contribution >= 0.6 is 0 Å². The van der Waals surface area contributed by atoms with E-state index in [1.807, 2.05) is 18.2 Å². The van der Waals surface area contributed by atoms with Crippen LogP contribution in [-0.2, 0) is 16.6 Å². The number of rotatable bonds is 6. The number of hydrogen-bond acceptors (Lipinski definition) is 4. The summed E-state index contributed by atoms with van der Waals surface area (Å²) in [5.41, 5.74) is 1.27. The molecule has 0 bridgehead atoms. The first-order valence-electron chi connectivity index (χ1n) is 8.56. The van der Waals surface area contributed by atoms with Gasteiger partial charge >= 0.3 is 5.97 Å². The molecular formula is C19H22N2O4S. The van der Waals surface area contributed by atoms with Gasteiger partial charge in [0.2, 0.25) is 10.0 Å². The van der Waals surface area contributed by atoms with Gasteiger partial charge in [-0.15, -0.1) is 0 Å². The van der Waals surface area contributed by atoms with E-state index >= 15 is 0 Å². The molecule has 1 atom stereocenters. The average molecular weight is 374 g/mol. The molecule has 1 saturated heterocycles. The summed E-state index contributed by atoms with van der Waals surface area (Å²) in [5, 5.41) is 8.92. The highest BCUT2D eigenvalue weighted by atomic mass is 32.2. The van der Waals surface area contributed by atoms with Gasteiger partial charge in [0.05, 0.1) is 10.5 Å². The van der Waals surface area contributed by atoms with Crippen LogP contribution in [-0.4, -0.2) is 43.5 Å². The number of carbonyl (C=O) groups is 1. The van der Waals surface area contributed by atoms with Crippen molar-refractivity contribution in [3.05, 3.63) is 65.7 Å². The van der Waals surface area contributed by atoms with Gasteiger partial charge in [-0.3, -0.25) is 4.90 Å². The lowest BCUT2D eigenvalue weighted by atomic mass is 10.1. The highest BCUT2D eigenvalue weighted by Gasteiger charge is 2.25. The van der Waals surface area contributed by atoms with E-state index in [1.54, 1.807) is 0 Å². The number of carboxylic acid groups (broad SMARTS) is 1. The van der Waals surface area contributed by atoms with Crippen molar-refractivity contribution in [2.24, 2.45) is 0 Å². The maximum Gasteiger partial charge on any atom is 0.335 e. The van der Waals surface area contributed by atoms with E-state index in [1.165, 1.54) is 29.8 Å². The molecule has 6 nitrogen and oxygen atoms in total. The van der Waals surface area contributed by atoms with Gasteiger partial charge in [0.15, 0.2) is 0 Å². The number of nitrogens with zero attached hydrogens (tertiary/aromatic N) is 1. The van der Waals surface area contributed by atoms with Crippen molar-refractivity contribution >= 4 is 16.0 Å². The van der Waals surface area contributed by atoms with Gasteiger partial charge < -0.3 is 5.11 Å². The number of sulfonamides is 1. The van der Waals surface area contributed by atoms with Gasteiger partial charge in [-0.2, -0.15) is 0 Å². The van der Waals surface area contributed by atoms with E-state index in [9.17, 15) is 13.2 Å². The van der Waals surface area contributed by atoms with Crippen molar-refractivity contribution in [3.8, 4) is 0 Å². The molecule has 1 aliphatic rings. The van der Waals surface area contributed by atoms with E-state index in [-0.39, 0.29) is 16.5 Å². The minimum Gasteiger partial charge on any atom is -0.478 e. The molecule has 1 fully saturated rings. The highest BCUT2D eigenvalue weighted by molar-refractivity contribution is 7.89. The number of carboxylic acids is 1. The zero-order valence-electron chi connectivity index (χ0n) is 14.3. The van der Waals surface area contributed by atoms with Gasteiger partial charge in [-0.05, 0) is 49.2 Å². The molecule has 7 heteroatoms. The molecule has 26 heavy (non-hydrogen) atoms. The molecule has 1 heterocycles. The van der Waals surface area contributed by atoms with Crippen LogP contribution in [0.3, 0.4) is 0 Å². The molecule has 0 unspecified atom stereocenters. The Morgan fingerprint density at radius 1 is 1.12 bits per heavy atom. The fourth-order valence-electron chi connectivity index (χ4n) is 3.20. The standard InChI is InChI=1S/C19H22N2O4S/c22-19(23)16-8-10-18(11-9-16)26(24,25)20-17-7-4-12-21(14-17)13-15-5-2-1-3-6-15/h1-3,5-6,8-11,17,20H,4,7,12-14H2,(H,22,23)/t17-/m0/s1. The second-order valence-corrected chi connectivity index (χ2v) is 8.22. The maximum absolute atomic E-state index is 12.6. The summed E-state index contributed by atoms with van der Waals surface area (Å²) in [6.45, 7) is 2.40. The minimum atomic E-state index is -3.67. The van der Waals surface area contributed by atoms with Crippen molar-refractivity contribution in [1.82, 2.24) is 9.62 Å². The van der Waals surface area contributed by atoms with Crippen LogP contribution in [0, 0.1) is 0 Å². The predicted octanol–water partition coefficient (Wildman–Crippen LogP) is 2.33. The molecule has 1 aliphatic heterocycles. The van der Waals surface area contributed by atoms with Crippen LogP contribution in [0.15, 0.2) is 59.5 Å². The summed E-state index contributed by atoms with van der Waals surface area (Å²) in [5.74, 6) is -1.08. The Morgan fingerprint density at radius 2 is 1.81 bits per heavy atom. The average Bonchev–Trinajstić information content (AvgIpc) is 2.62. The molecule has 0 amide bonds. The SMILES string of the molecule is O=C(O)c1ccc(S(=O)(=O)N[C@H]2CCCN(Cc3ccccc3)C2)cc1. The third-order valence-electron chi connectivity index (χ3n) is 4.49. The topological polar surface area (TPSA) is 86.7 Å². The molecule has 0 spiro atoms. The van der Waals surface area contributed by atoms with Crippen LogP contribution in [0.25, 0.3) is 0 Å². The molecule has 3 rings (SSSR count). The first kappa shape index (κ1) is 18.6. The molecule has 0 radical (unpaired) electrons. The van der Waals surface area contributed by atoms with E-state index in [0.717, 1.165) is 25.9 Å². The molecule has 0 saturated carbocycles. The number of aromatic carboxylic acids is 1. The Kier molecular flexibility index (Phi) is 5.70. The van der Waals surface area contributed by atoms with E-state index in [4.69, 9.17) is 5.11 Å². The lowest BCUT2D eigenvalue weighted by Crippen LogP contribution is -2.47. The maximum atomic E-state index is 12.6. The summed E-state index contributed by atoms with van der Waals surface area (Å²) in [4.78, 5) is 13.2. The molecule has 2 aromatic rings. The van der Waals surface area contributed by atoms with Crippen molar-refractivity contribution in [2.45, 2.75) is 30.3 Å². The predicted molar refractivity (Wildman–Crippen MR) is 98.5 cm³/mol. The fraction of sp³-hybridized carbons (Fsp3) is 0.316. The third kappa shape index (κ3) is 4.69. The molecule has 0 aromatic heterocycles. The molecule has 2 aromatic carbocycles. The summed E-state index contributed by atoms with van der Waals surface area (Å²) in [6.07, 6.45) is 1.72. The first-order valence-corrected chi connectivity index (χ1v) is 10.0. The normalized spacial score (nSPS) is 18.5. The van der Waals surface area contributed by atoms with Crippen molar-refractivity contribution in [2.75, 3.05) is 13.1 Å². The second-order valence-electron chi connectivity index (χ2n) is 6.51. The fourth-order valence-corrected chi connectivity index (χ4v) is 4.46. The zero-order valence-corrected chi connectivity index (χ0v) is 15.2. The lowest BCUT2D eigenvalue weighted by Gasteiger charge is -2.33. The Morgan fingerprint density at radius 3 is 2.46 bits per heavy atom. The van der Waals surface area contributed by atoms with Crippen molar-refractivity contribution in [3.63, 3.8) is 0 Å². The summed E-state index contributed by atoms with van der Waals surface area (Å²) in [6, 6.07) is 15.2. The number of likely N-dealkylation sites (tertiary alicyclic amines) is 1. The third-order valence-corrected chi connectivity index (χ3v) is 6.02. The Hall–Kier alpha value is -2.22. The van der Waals surface area contributed by atoms with Crippen molar-refractivity contribution < 1.29 is 18.3 Å². The van der Waals surface area contributed by atoms with E-state index in [0.29, 0.717) is 6.54 Å². The van der Waals surface area contributed by atoms with Gasteiger partial charge in [0.25, 0.3) is 0 Å². The summed E-state index contributed by atoms with van der Waals surface area (Å²) >= 11 is 0. The Balaban J connectivity index is 1.64. The number of nitrogens with one attached hydrogen (secondary N) is 1. The van der Waals surface area contributed by atoms with Crippen LogP contribution in [0.5, 0.6) is 0 Å². The molecule has 0 aliphatic carbocycles. The summed E-state index contributed by atoms with van der Waals surface area (Å²) in [7, 11) is -3.67. The Labute approximate surface area is 153 Å². The first-order chi connectivity index (χ1) is 12.4. The molecule has 2 N–H and O–H groups in total. The van der Waals surface area contributed by atoms with E-state index in [2.05, 4.69) is 21.8 Å². The van der Waals surface area contributed by atoms with Crippen LogP contribution in [0.1, 0.15) is 28.8 Å². The minimum absolute atomic E-state index is 0.0654.